The van der Waals surface area contributed by atoms with E-state index in [0.717, 1.165) is 0 Å². The lowest BCUT2D eigenvalue weighted by Gasteiger charge is -2.16. The third-order valence-electron chi connectivity index (χ3n) is 2.31. The molecule has 0 spiro atoms. The highest BCUT2D eigenvalue weighted by Crippen LogP contribution is 2.13. The van der Waals surface area contributed by atoms with E-state index in [1.807, 2.05) is 0 Å². The molecule has 0 aromatic heterocycles. The maximum absolute atomic E-state index is 11.9. The van der Waals surface area contributed by atoms with Crippen molar-refractivity contribution in [1.29, 1.82) is 0 Å². The van der Waals surface area contributed by atoms with E-state index < -0.39 is 17.9 Å². The van der Waals surface area contributed by atoms with Gasteiger partial charge in [0.25, 0.3) is 0 Å². The molecule has 6 nitrogen and oxygen atoms in total. The second-order valence-electron chi connectivity index (χ2n) is 3.82. The number of anilines is 1. The third-order valence-corrected chi connectivity index (χ3v) is 2.56. The number of aliphatic hydroxyl groups excluding tert-OH is 1. The van der Waals surface area contributed by atoms with Crippen molar-refractivity contribution in [3.63, 3.8) is 0 Å². The maximum Gasteiger partial charge on any atom is 0.305 e. The largest absolute Gasteiger partial charge is 0.481 e. The van der Waals surface area contributed by atoms with Gasteiger partial charge in [-0.1, -0.05) is 11.6 Å². The fourth-order valence-electron chi connectivity index (χ4n) is 1.43. The lowest BCUT2D eigenvalue weighted by molar-refractivity contribution is -0.139. The molecule has 0 aliphatic carbocycles. The number of halogens is 1. The van der Waals surface area contributed by atoms with E-state index in [0.29, 0.717) is 10.7 Å². The zero-order valence-electron chi connectivity index (χ0n) is 10.1. The van der Waals surface area contributed by atoms with E-state index >= 15 is 0 Å². The first kappa shape index (κ1) is 15.4. The number of aliphatic hydroxyl groups is 1. The minimum absolute atomic E-state index is 0.145. The summed E-state index contributed by atoms with van der Waals surface area (Å²) in [4.78, 5) is 22.6. The summed E-state index contributed by atoms with van der Waals surface area (Å²) in [5, 5.41) is 23.2. The first-order valence-corrected chi connectivity index (χ1v) is 6.03. The molecule has 19 heavy (non-hydrogen) atoms. The lowest BCUT2D eigenvalue weighted by atomic mass is 10.2. The molecule has 1 rings (SSSR count). The number of aliphatic carboxylic acids is 1. The molecule has 4 N–H and O–H groups in total. The molecule has 1 atom stereocenters. The maximum atomic E-state index is 11.9. The van der Waals surface area contributed by atoms with Crippen molar-refractivity contribution in [3.8, 4) is 0 Å². The molecule has 104 valence electrons. The quantitative estimate of drug-likeness (QED) is 0.591. The summed E-state index contributed by atoms with van der Waals surface area (Å²) in [5.74, 6) is -1.57. The number of rotatable bonds is 7. The van der Waals surface area contributed by atoms with Crippen LogP contribution in [-0.2, 0) is 9.59 Å². The molecule has 0 fully saturated rings. The van der Waals surface area contributed by atoms with Gasteiger partial charge < -0.3 is 20.8 Å². The number of carboxylic acids is 1. The van der Waals surface area contributed by atoms with Gasteiger partial charge in [0.15, 0.2) is 0 Å². The Labute approximate surface area is 115 Å². The molecular weight excluding hydrogens is 272 g/mol. The van der Waals surface area contributed by atoms with Crippen LogP contribution < -0.4 is 10.6 Å². The van der Waals surface area contributed by atoms with E-state index in [9.17, 15) is 9.59 Å². The molecule has 1 amide bonds. The average molecular weight is 287 g/mol. The number of hydrogen-bond donors (Lipinski definition) is 4. The Morgan fingerprint density at radius 3 is 2.42 bits per heavy atom. The van der Waals surface area contributed by atoms with E-state index in [1.54, 1.807) is 24.3 Å². The summed E-state index contributed by atoms with van der Waals surface area (Å²) in [6.45, 7) is -0.0314. The highest BCUT2D eigenvalue weighted by molar-refractivity contribution is 6.30. The molecule has 7 heteroatoms. The van der Waals surface area contributed by atoms with E-state index in [-0.39, 0.29) is 19.6 Å². The molecule has 1 aromatic carbocycles. The van der Waals surface area contributed by atoms with Crippen molar-refractivity contribution in [2.24, 2.45) is 0 Å². The van der Waals surface area contributed by atoms with E-state index in [2.05, 4.69) is 10.6 Å². The number of carboxylic acid groups (broad SMARTS) is 1. The molecular formula is C12H15ClN2O4. The Kier molecular flexibility index (Phi) is 6.27. The van der Waals surface area contributed by atoms with Gasteiger partial charge in [-0.3, -0.25) is 9.59 Å². The molecule has 0 bridgehead atoms. The topological polar surface area (TPSA) is 98.7 Å². The van der Waals surface area contributed by atoms with Gasteiger partial charge in [0.2, 0.25) is 5.91 Å². The van der Waals surface area contributed by atoms with Gasteiger partial charge >= 0.3 is 5.97 Å². The molecule has 0 aliphatic heterocycles. The van der Waals surface area contributed by atoms with Crippen LogP contribution >= 0.6 is 11.6 Å². The summed E-state index contributed by atoms with van der Waals surface area (Å²) in [6, 6.07) is 5.56. The molecule has 0 radical (unpaired) electrons. The van der Waals surface area contributed by atoms with Crippen molar-refractivity contribution in [2.45, 2.75) is 12.5 Å². The smallest absolute Gasteiger partial charge is 0.305 e. The van der Waals surface area contributed by atoms with Gasteiger partial charge in [-0.15, -0.1) is 0 Å². The van der Waals surface area contributed by atoms with Gasteiger partial charge in [-0.25, -0.2) is 0 Å². The van der Waals surface area contributed by atoms with E-state index in [4.69, 9.17) is 21.8 Å². The number of benzene rings is 1. The number of nitrogens with one attached hydrogen (secondary N) is 2. The molecule has 1 aromatic rings. The number of carbonyl (C=O) groups is 2. The highest BCUT2D eigenvalue weighted by Gasteiger charge is 2.20. The Hall–Kier alpha value is -1.63. The van der Waals surface area contributed by atoms with Crippen LogP contribution in [0.1, 0.15) is 6.42 Å². The van der Waals surface area contributed by atoms with Crippen LogP contribution in [0.25, 0.3) is 0 Å². The van der Waals surface area contributed by atoms with Crippen molar-refractivity contribution in [3.05, 3.63) is 29.3 Å². The first-order chi connectivity index (χ1) is 9.02. The van der Waals surface area contributed by atoms with Crippen LogP contribution in [0, 0.1) is 0 Å². The Bertz CT molecular complexity index is 436. The second-order valence-corrected chi connectivity index (χ2v) is 4.26. The zero-order chi connectivity index (χ0) is 14.3. The Balaban J connectivity index is 2.64. The van der Waals surface area contributed by atoms with Gasteiger partial charge in [-0.05, 0) is 24.3 Å². The monoisotopic (exact) mass is 286 g/mol. The Morgan fingerprint density at radius 1 is 1.26 bits per heavy atom. The summed E-state index contributed by atoms with van der Waals surface area (Å²) in [6.07, 6.45) is -0.362. The summed E-state index contributed by atoms with van der Waals surface area (Å²) >= 11 is 5.72. The summed E-state index contributed by atoms with van der Waals surface area (Å²) < 4.78 is 0. The number of carbonyl (C=O) groups excluding carboxylic acids is 1. The first-order valence-electron chi connectivity index (χ1n) is 5.65. The number of amides is 1. The van der Waals surface area contributed by atoms with Crippen molar-refractivity contribution >= 4 is 29.2 Å². The standard InChI is InChI=1S/C12H15ClN2O4/c13-8-1-3-9(4-2-8)15-12(19)10(7-11(17)18)14-5-6-16/h1-4,10,14,16H,5-7H2,(H,15,19)(H,17,18)/t10-/m1/s1. The highest BCUT2D eigenvalue weighted by atomic mass is 35.5. The summed E-state index contributed by atoms with van der Waals surface area (Å²) in [7, 11) is 0. The van der Waals surface area contributed by atoms with Crippen LogP contribution in [0.4, 0.5) is 5.69 Å². The Morgan fingerprint density at radius 2 is 1.89 bits per heavy atom. The van der Waals surface area contributed by atoms with Crippen molar-refractivity contribution in [1.82, 2.24) is 5.32 Å². The fourth-order valence-corrected chi connectivity index (χ4v) is 1.56. The van der Waals surface area contributed by atoms with Gasteiger partial charge in [0, 0.05) is 17.3 Å². The van der Waals surface area contributed by atoms with Gasteiger partial charge in [0.05, 0.1) is 19.1 Å². The van der Waals surface area contributed by atoms with E-state index in [1.165, 1.54) is 0 Å². The average Bonchev–Trinajstić information content (AvgIpc) is 2.36. The molecule has 0 aliphatic rings. The zero-order valence-corrected chi connectivity index (χ0v) is 10.9. The van der Waals surface area contributed by atoms with Crippen LogP contribution in [0.2, 0.25) is 5.02 Å². The van der Waals surface area contributed by atoms with Crippen LogP contribution in [0.3, 0.4) is 0 Å². The van der Waals surface area contributed by atoms with Crippen LogP contribution in [-0.4, -0.2) is 41.3 Å². The minimum Gasteiger partial charge on any atom is -0.481 e. The molecule has 0 heterocycles. The van der Waals surface area contributed by atoms with Crippen LogP contribution in [0.15, 0.2) is 24.3 Å². The minimum atomic E-state index is -1.10. The number of hydrogen-bond acceptors (Lipinski definition) is 4. The summed E-state index contributed by atoms with van der Waals surface area (Å²) in [5.41, 5.74) is 0.524. The normalized spacial score (nSPS) is 11.9. The van der Waals surface area contributed by atoms with Gasteiger partial charge in [0.1, 0.15) is 0 Å². The molecule has 0 saturated carbocycles. The predicted octanol–water partition coefficient (Wildman–Crippen LogP) is 0.704. The third kappa shape index (κ3) is 5.69. The van der Waals surface area contributed by atoms with Crippen molar-refractivity contribution in [2.75, 3.05) is 18.5 Å². The molecule has 0 saturated heterocycles. The van der Waals surface area contributed by atoms with Gasteiger partial charge in [-0.2, -0.15) is 0 Å². The SMILES string of the molecule is O=C(O)C[C@@H](NCCO)C(=O)Nc1ccc(Cl)cc1. The lowest BCUT2D eigenvalue weighted by Crippen LogP contribution is -2.43. The van der Waals surface area contributed by atoms with Crippen LogP contribution in [0.5, 0.6) is 0 Å². The second kappa shape index (κ2) is 7.73. The van der Waals surface area contributed by atoms with Crippen molar-refractivity contribution < 1.29 is 19.8 Å². The fraction of sp³-hybridized carbons (Fsp3) is 0.333. The predicted molar refractivity (Wildman–Crippen MR) is 71.2 cm³/mol. The molecule has 0 unspecified atom stereocenters.